The van der Waals surface area contributed by atoms with Gasteiger partial charge in [0.2, 0.25) is 5.82 Å². The molecule has 0 unspecified atom stereocenters. The highest BCUT2D eigenvalue weighted by Gasteiger charge is 2.20. The highest BCUT2D eigenvalue weighted by Crippen LogP contribution is 2.34. The average molecular weight is 214 g/mol. The third kappa shape index (κ3) is 2.28. The predicted molar refractivity (Wildman–Crippen MR) is 56.2 cm³/mol. The summed E-state index contributed by atoms with van der Waals surface area (Å²) in [6.45, 7) is 6.04. The van der Waals surface area contributed by atoms with E-state index in [1.807, 2.05) is 20.8 Å². The molecular weight excluding hydrogens is 198 g/mol. The van der Waals surface area contributed by atoms with E-state index in [-0.39, 0.29) is 11.7 Å². The fraction of sp³-hybridized carbons (Fsp3) is 0.500. The van der Waals surface area contributed by atoms with E-state index in [1.165, 1.54) is 7.11 Å². The lowest BCUT2D eigenvalue weighted by molar-refractivity contribution is 0.359. The van der Waals surface area contributed by atoms with Gasteiger partial charge in [-0.15, -0.1) is 0 Å². The first-order valence-electron chi connectivity index (χ1n) is 5.01. The van der Waals surface area contributed by atoms with Crippen LogP contribution in [0.25, 0.3) is 0 Å². The van der Waals surface area contributed by atoms with Crippen LogP contribution in [0.4, 0.5) is 8.78 Å². The number of ether oxygens (including phenoxy) is 1. The Morgan fingerprint density at radius 1 is 1.13 bits per heavy atom. The lowest BCUT2D eigenvalue weighted by Crippen LogP contribution is -2.06. The lowest BCUT2D eigenvalue weighted by Gasteiger charge is -2.19. The van der Waals surface area contributed by atoms with Crippen molar-refractivity contribution in [2.24, 2.45) is 5.92 Å². The topological polar surface area (TPSA) is 9.23 Å². The van der Waals surface area contributed by atoms with E-state index in [0.29, 0.717) is 11.5 Å². The number of rotatable bonds is 3. The van der Waals surface area contributed by atoms with Crippen molar-refractivity contribution in [3.8, 4) is 5.75 Å². The van der Waals surface area contributed by atoms with Crippen molar-refractivity contribution in [1.29, 1.82) is 0 Å². The Morgan fingerprint density at radius 2 is 1.73 bits per heavy atom. The fourth-order valence-corrected chi connectivity index (χ4v) is 1.47. The molecule has 0 bridgehead atoms. The van der Waals surface area contributed by atoms with Gasteiger partial charge in [0.1, 0.15) is 0 Å². The molecule has 0 aliphatic carbocycles. The van der Waals surface area contributed by atoms with Crippen LogP contribution in [0.5, 0.6) is 5.75 Å². The van der Waals surface area contributed by atoms with Gasteiger partial charge >= 0.3 is 0 Å². The molecule has 84 valence electrons. The SMILES string of the molecule is COc1c([C@@H](C)C(C)C)ccc(F)c1F. The summed E-state index contributed by atoms with van der Waals surface area (Å²) in [5.41, 5.74) is 0.714. The molecule has 0 fully saturated rings. The molecule has 1 aromatic carbocycles. The highest BCUT2D eigenvalue weighted by atomic mass is 19.2. The zero-order chi connectivity index (χ0) is 11.6. The van der Waals surface area contributed by atoms with Crippen molar-refractivity contribution < 1.29 is 13.5 Å². The Morgan fingerprint density at radius 3 is 2.20 bits per heavy atom. The number of benzene rings is 1. The molecular formula is C12H16F2O. The summed E-state index contributed by atoms with van der Waals surface area (Å²) in [6.07, 6.45) is 0. The van der Waals surface area contributed by atoms with E-state index in [9.17, 15) is 8.78 Å². The standard InChI is InChI=1S/C12H16F2O/c1-7(2)8(3)9-5-6-10(13)11(14)12(9)15-4/h5-8H,1-4H3/t8-/m0/s1. The molecule has 0 aliphatic heterocycles. The zero-order valence-electron chi connectivity index (χ0n) is 9.47. The highest BCUT2D eigenvalue weighted by molar-refractivity contribution is 5.38. The van der Waals surface area contributed by atoms with Gasteiger partial charge in [-0.2, -0.15) is 4.39 Å². The van der Waals surface area contributed by atoms with E-state index in [1.54, 1.807) is 6.07 Å². The molecule has 15 heavy (non-hydrogen) atoms. The quantitative estimate of drug-likeness (QED) is 0.744. The van der Waals surface area contributed by atoms with Crippen molar-refractivity contribution in [3.63, 3.8) is 0 Å². The second-order valence-corrected chi connectivity index (χ2v) is 4.02. The van der Waals surface area contributed by atoms with Crippen LogP contribution in [-0.2, 0) is 0 Å². The van der Waals surface area contributed by atoms with Crippen molar-refractivity contribution in [3.05, 3.63) is 29.3 Å². The molecule has 1 nitrogen and oxygen atoms in total. The first-order chi connectivity index (χ1) is 6.99. The van der Waals surface area contributed by atoms with Gasteiger partial charge in [-0.25, -0.2) is 4.39 Å². The minimum absolute atomic E-state index is 0.0243. The molecule has 0 heterocycles. The Bertz CT molecular complexity index is 348. The van der Waals surface area contributed by atoms with Gasteiger partial charge in [-0.3, -0.25) is 0 Å². The van der Waals surface area contributed by atoms with Crippen LogP contribution in [0, 0.1) is 17.6 Å². The molecule has 0 aromatic heterocycles. The first-order valence-corrected chi connectivity index (χ1v) is 5.01. The molecule has 0 spiro atoms. The molecule has 1 rings (SSSR count). The van der Waals surface area contributed by atoms with E-state index in [4.69, 9.17) is 4.74 Å². The molecule has 0 N–H and O–H groups in total. The number of hydrogen-bond donors (Lipinski definition) is 0. The first kappa shape index (κ1) is 12.0. The van der Waals surface area contributed by atoms with Gasteiger partial charge in [0.05, 0.1) is 7.11 Å². The van der Waals surface area contributed by atoms with Gasteiger partial charge in [-0.05, 0) is 17.9 Å². The molecule has 0 saturated heterocycles. The summed E-state index contributed by atoms with van der Waals surface area (Å²) in [5, 5.41) is 0. The maximum Gasteiger partial charge on any atom is 0.200 e. The summed E-state index contributed by atoms with van der Waals surface area (Å²) in [6, 6.07) is 2.73. The Hall–Kier alpha value is -1.12. The van der Waals surface area contributed by atoms with Gasteiger partial charge < -0.3 is 4.74 Å². The van der Waals surface area contributed by atoms with E-state index < -0.39 is 11.6 Å². The summed E-state index contributed by atoms with van der Waals surface area (Å²) in [7, 11) is 1.36. The zero-order valence-corrected chi connectivity index (χ0v) is 9.47. The Kier molecular flexibility index (Phi) is 3.66. The van der Waals surface area contributed by atoms with Crippen LogP contribution in [0.1, 0.15) is 32.3 Å². The monoisotopic (exact) mass is 214 g/mol. The minimum Gasteiger partial charge on any atom is -0.493 e. The molecule has 0 amide bonds. The summed E-state index contributed by atoms with van der Waals surface area (Å²) in [5.74, 6) is -1.26. The molecule has 1 atom stereocenters. The second kappa shape index (κ2) is 4.60. The lowest BCUT2D eigenvalue weighted by atomic mass is 9.89. The smallest absolute Gasteiger partial charge is 0.200 e. The van der Waals surface area contributed by atoms with E-state index in [2.05, 4.69) is 0 Å². The summed E-state index contributed by atoms with van der Waals surface area (Å²) < 4.78 is 31.3. The van der Waals surface area contributed by atoms with Gasteiger partial charge in [0, 0.05) is 5.56 Å². The Labute approximate surface area is 89.1 Å². The average Bonchev–Trinajstić information content (AvgIpc) is 2.20. The van der Waals surface area contributed by atoms with Crippen LogP contribution in [0.15, 0.2) is 12.1 Å². The third-order valence-corrected chi connectivity index (χ3v) is 2.78. The number of halogens is 2. The van der Waals surface area contributed by atoms with E-state index in [0.717, 1.165) is 6.07 Å². The van der Waals surface area contributed by atoms with Crippen molar-refractivity contribution in [1.82, 2.24) is 0 Å². The van der Waals surface area contributed by atoms with Crippen LogP contribution in [0.2, 0.25) is 0 Å². The number of methoxy groups -OCH3 is 1. The van der Waals surface area contributed by atoms with Gasteiger partial charge in [0.25, 0.3) is 0 Å². The predicted octanol–water partition coefficient (Wildman–Crippen LogP) is 3.73. The van der Waals surface area contributed by atoms with E-state index >= 15 is 0 Å². The Balaban J connectivity index is 3.24. The second-order valence-electron chi connectivity index (χ2n) is 4.02. The molecule has 0 aliphatic rings. The number of hydrogen-bond acceptors (Lipinski definition) is 1. The van der Waals surface area contributed by atoms with Crippen LogP contribution in [-0.4, -0.2) is 7.11 Å². The normalized spacial score (nSPS) is 13.0. The molecule has 0 radical (unpaired) electrons. The van der Waals surface area contributed by atoms with Crippen LogP contribution >= 0.6 is 0 Å². The molecule has 1 aromatic rings. The van der Waals surface area contributed by atoms with Crippen molar-refractivity contribution >= 4 is 0 Å². The van der Waals surface area contributed by atoms with Crippen LogP contribution in [0.3, 0.4) is 0 Å². The largest absolute Gasteiger partial charge is 0.493 e. The fourth-order valence-electron chi connectivity index (χ4n) is 1.47. The summed E-state index contributed by atoms with van der Waals surface area (Å²) >= 11 is 0. The van der Waals surface area contributed by atoms with Gasteiger partial charge in [0.15, 0.2) is 11.6 Å². The van der Waals surface area contributed by atoms with Crippen molar-refractivity contribution in [2.45, 2.75) is 26.7 Å². The maximum absolute atomic E-state index is 13.4. The van der Waals surface area contributed by atoms with Crippen LogP contribution < -0.4 is 4.74 Å². The summed E-state index contributed by atoms with van der Waals surface area (Å²) in [4.78, 5) is 0. The molecule has 3 heteroatoms. The minimum atomic E-state index is -0.900. The molecule has 0 saturated carbocycles. The van der Waals surface area contributed by atoms with Gasteiger partial charge in [-0.1, -0.05) is 26.8 Å². The maximum atomic E-state index is 13.4. The van der Waals surface area contributed by atoms with Crippen molar-refractivity contribution in [2.75, 3.05) is 7.11 Å². The third-order valence-electron chi connectivity index (χ3n) is 2.78.